The van der Waals surface area contributed by atoms with Crippen molar-refractivity contribution >= 4 is 40.2 Å². The second-order valence-electron chi connectivity index (χ2n) is 8.96. The molecule has 5 rings (SSSR count). The number of imide groups is 1. The van der Waals surface area contributed by atoms with Crippen molar-refractivity contribution in [3.05, 3.63) is 113 Å². The molecule has 7 heteroatoms. The number of rotatable bonds is 6. The Balaban J connectivity index is 1.23. The maximum atomic E-state index is 13.0. The van der Waals surface area contributed by atoms with E-state index in [0.29, 0.717) is 5.69 Å². The molecule has 1 heterocycles. The normalized spacial score (nSPS) is 13.4. The number of carbonyl (C=O) groups excluding carboxylic acids is 4. The van der Waals surface area contributed by atoms with E-state index >= 15 is 0 Å². The Hall–Kier alpha value is -4.78. The van der Waals surface area contributed by atoms with Gasteiger partial charge in [-0.1, -0.05) is 54.6 Å². The van der Waals surface area contributed by atoms with Crippen molar-refractivity contribution < 1.29 is 23.9 Å². The SMILES string of the molecule is Cc1ccccc1N1C(=O)c2ccc(C(=O)OCC(=O)NC(C)c3ccc4ccccc4c3)cc2C1=O. The predicted octanol–water partition coefficient (Wildman–Crippen LogP) is 4.98. The third-order valence-corrected chi connectivity index (χ3v) is 6.46. The van der Waals surface area contributed by atoms with Gasteiger partial charge >= 0.3 is 5.97 Å². The summed E-state index contributed by atoms with van der Waals surface area (Å²) < 4.78 is 5.19. The number of para-hydroxylation sites is 1. The van der Waals surface area contributed by atoms with Gasteiger partial charge in [-0.25, -0.2) is 9.69 Å². The summed E-state index contributed by atoms with van der Waals surface area (Å²) in [5, 5.41) is 5.00. The van der Waals surface area contributed by atoms with Gasteiger partial charge in [0.15, 0.2) is 6.61 Å². The molecule has 0 bridgehead atoms. The Kier molecular flexibility index (Phi) is 6.27. The van der Waals surface area contributed by atoms with Crippen LogP contribution in [0.2, 0.25) is 0 Å². The number of fused-ring (bicyclic) bond motifs is 2. The molecule has 0 spiro atoms. The lowest BCUT2D eigenvalue weighted by Gasteiger charge is -2.16. The van der Waals surface area contributed by atoms with Crippen molar-refractivity contribution in [2.45, 2.75) is 19.9 Å². The van der Waals surface area contributed by atoms with Gasteiger partial charge in [-0.15, -0.1) is 0 Å². The molecule has 7 nitrogen and oxygen atoms in total. The minimum absolute atomic E-state index is 0.0851. The molecule has 184 valence electrons. The third kappa shape index (κ3) is 4.59. The number of ether oxygens (including phenoxy) is 1. The van der Waals surface area contributed by atoms with E-state index in [2.05, 4.69) is 5.32 Å². The van der Waals surface area contributed by atoms with Crippen LogP contribution in [0.4, 0.5) is 5.69 Å². The van der Waals surface area contributed by atoms with Gasteiger partial charge in [-0.3, -0.25) is 14.4 Å². The van der Waals surface area contributed by atoms with Crippen LogP contribution in [0.5, 0.6) is 0 Å². The van der Waals surface area contributed by atoms with Gasteiger partial charge in [0.05, 0.1) is 28.4 Å². The molecule has 1 aliphatic rings. The van der Waals surface area contributed by atoms with E-state index in [4.69, 9.17) is 4.74 Å². The monoisotopic (exact) mass is 492 g/mol. The van der Waals surface area contributed by atoms with Crippen LogP contribution < -0.4 is 10.2 Å². The van der Waals surface area contributed by atoms with E-state index in [1.807, 2.05) is 68.4 Å². The fourth-order valence-corrected chi connectivity index (χ4v) is 4.46. The fraction of sp³-hybridized carbons (Fsp3) is 0.133. The Morgan fingerprint density at radius 3 is 2.32 bits per heavy atom. The average molecular weight is 493 g/mol. The highest BCUT2D eigenvalue weighted by molar-refractivity contribution is 6.35. The topological polar surface area (TPSA) is 92.8 Å². The predicted molar refractivity (Wildman–Crippen MR) is 140 cm³/mol. The van der Waals surface area contributed by atoms with Crippen LogP contribution in [-0.4, -0.2) is 30.3 Å². The Morgan fingerprint density at radius 1 is 0.838 bits per heavy atom. The number of nitrogens with zero attached hydrogens (tertiary/aromatic N) is 1. The first-order valence-electron chi connectivity index (χ1n) is 11.9. The van der Waals surface area contributed by atoms with Crippen LogP contribution in [-0.2, 0) is 9.53 Å². The summed E-state index contributed by atoms with van der Waals surface area (Å²) in [6.45, 7) is 3.19. The summed E-state index contributed by atoms with van der Waals surface area (Å²) in [6, 6.07) is 24.9. The number of esters is 1. The number of carbonyl (C=O) groups is 4. The number of amides is 3. The smallest absolute Gasteiger partial charge is 0.338 e. The molecule has 0 saturated carbocycles. The van der Waals surface area contributed by atoms with Crippen molar-refractivity contribution in [2.75, 3.05) is 11.5 Å². The van der Waals surface area contributed by atoms with Crippen molar-refractivity contribution in [1.29, 1.82) is 0 Å². The van der Waals surface area contributed by atoms with Crippen LogP contribution in [0.25, 0.3) is 10.8 Å². The number of nitrogens with one attached hydrogen (secondary N) is 1. The standard InChI is InChI=1S/C30H24N2O5/c1-18-7-3-6-10-26(18)32-28(34)24-14-13-23(16-25(24)29(32)35)30(36)37-17-27(33)31-19(2)21-12-11-20-8-4-5-9-22(20)15-21/h3-16,19H,17H2,1-2H3,(H,31,33). The second-order valence-corrected chi connectivity index (χ2v) is 8.96. The van der Waals surface area contributed by atoms with Gasteiger partial charge in [-0.2, -0.15) is 0 Å². The minimum Gasteiger partial charge on any atom is -0.452 e. The van der Waals surface area contributed by atoms with Gasteiger partial charge in [0.2, 0.25) is 0 Å². The average Bonchev–Trinajstić information content (AvgIpc) is 3.16. The van der Waals surface area contributed by atoms with Crippen molar-refractivity contribution in [1.82, 2.24) is 5.32 Å². The molecule has 37 heavy (non-hydrogen) atoms. The molecular formula is C30H24N2O5. The van der Waals surface area contributed by atoms with Crippen molar-refractivity contribution in [3.8, 4) is 0 Å². The zero-order chi connectivity index (χ0) is 26.1. The highest BCUT2D eigenvalue weighted by Crippen LogP contribution is 2.31. The number of aryl methyl sites for hydroxylation is 1. The maximum absolute atomic E-state index is 13.0. The molecule has 4 aromatic rings. The Labute approximate surface area is 213 Å². The molecule has 1 aliphatic heterocycles. The quantitative estimate of drug-likeness (QED) is 0.303. The van der Waals surface area contributed by atoms with Gasteiger partial charge < -0.3 is 10.1 Å². The van der Waals surface area contributed by atoms with Crippen molar-refractivity contribution in [3.63, 3.8) is 0 Å². The van der Waals surface area contributed by atoms with Gasteiger partial charge in [-0.05, 0) is 66.1 Å². The first-order chi connectivity index (χ1) is 17.8. The lowest BCUT2D eigenvalue weighted by atomic mass is 10.0. The molecular weight excluding hydrogens is 468 g/mol. The first-order valence-corrected chi connectivity index (χ1v) is 11.9. The van der Waals surface area contributed by atoms with Gasteiger partial charge in [0.1, 0.15) is 0 Å². The van der Waals surface area contributed by atoms with Crippen LogP contribution >= 0.6 is 0 Å². The van der Waals surface area contributed by atoms with E-state index in [1.165, 1.54) is 18.2 Å². The highest BCUT2D eigenvalue weighted by Gasteiger charge is 2.37. The van der Waals surface area contributed by atoms with Crippen molar-refractivity contribution in [2.24, 2.45) is 0 Å². The summed E-state index contributed by atoms with van der Waals surface area (Å²) >= 11 is 0. The molecule has 0 radical (unpaired) electrons. The van der Waals surface area contributed by atoms with E-state index in [9.17, 15) is 19.2 Å². The molecule has 1 N–H and O–H groups in total. The molecule has 1 atom stereocenters. The van der Waals surface area contributed by atoms with E-state index in [-0.39, 0.29) is 22.7 Å². The molecule has 0 fully saturated rings. The molecule has 0 aliphatic carbocycles. The van der Waals surface area contributed by atoms with Gasteiger partial charge in [0.25, 0.3) is 17.7 Å². The van der Waals surface area contributed by atoms with E-state index in [1.54, 1.807) is 12.1 Å². The summed E-state index contributed by atoms with van der Waals surface area (Å²) in [5.74, 6) is -2.17. The largest absolute Gasteiger partial charge is 0.452 e. The molecule has 1 unspecified atom stereocenters. The number of benzene rings is 4. The summed E-state index contributed by atoms with van der Waals surface area (Å²) in [6.07, 6.45) is 0. The zero-order valence-corrected chi connectivity index (χ0v) is 20.4. The number of hydrogen-bond donors (Lipinski definition) is 1. The summed E-state index contributed by atoms with van der Waals surface area (Å²) in [4.78, 5) is 52.1. The Bertz CT molecular complexity index is 1580. The van der Waals surface area contributed by atoms with Crippen LogP contribution in [0.3, 0.4) is 0 Å². The Morgan fingerprint density at radius 2 is 1.54 bits per heavy atom. The summed E-state index contributed by atoms with van der Waals surface area (Å²) in [5.41, 5.74) is 2.62. The third-order valence-electron chi connectivity index (χ3n) is 6.46. The second kappa shape index (κ2) is 9.70. The molecule has 0 aromatic heterocycles. The first kappa shape index (κ1) is 23.9. The lowest BCUT2D eigenvalue weighted by molar-refractivity contribution is -0.124. The summed E-state index contributed by atoms with van der Waals surface area (Å²) in [7, 11) is 0. The van der Waals surface area contributed by atoms with Crippen LogP contribution in [0.1, 0.15) is 55.2 Å². The number of hydrogen-bond acceptors (Lipinski definition) is 5. The van der Waals surface area contributed by atoms with Crippen LogP contribution in [0, 0.1) is 6.92 Å². The van der Waals surface area contributed by atoms with E-state index < -0.39 is 30.3 Å². The molecule has 0 saturated heterocycles. The van der Waals surface area contributed by atoms with Crippen LogP contribution in [0.15, 0.2) is 84.9 Å². The fourth-order valence-electron chi connectivity index (χ4n) is 4.46. The maximum Gasteiger partial charge on any atom is 0.338 e. The van der Waals surface area contributed by atoms with Gasteiger partial charge in [0, 0.05) is 0 Å². The lowest BCUT2D eigenvalue weighted by Crippen LogP contribution is -2.31. The highest BCUT2D eigenvalue weighted by atomic mass is 16.5. The minimum atomic E-state index is -0.758. The molecule has 4 aromatic carbocycles. The zero-order valence-electron chi connectivity index (χ0n) is 20.4. The van der Waals surface area contributed by atoms with E-state index in [0.717, 1.165) is 26.8 Å². The molecule has 3 amide bonds. The number of anilines is 1.